The minimum Gasteiger partial charge on any atom is -0.382 e. The number of hydrogen-bond acceptors (Lipinski definition) is 4. The van der Waals surface area contributed by atoms with Crippen molar-refractivity contribution >= 4 is 5.91 Å². The Labute approximate surface area is 168 Å². The van der Waals surface area contributed by atoms with Crippen molar-refractivity contribution in [2.75, 3.05) is 13.1 Å². The lowest BCUT2D eigenvalue weighted by atomic mass is 10.0. The van der Waals surface area contributed by atoms with Gasteiger partial charge in [0.1, 0.15) is 17.6 Å². The van der Waals surface area contributed by atoms with E-state index in [1.54, 1.807) is 34.8 Å². The maximum absolute atomic E-state index is 13.8. The molecule has 1 N–H and O–H groups in total. The molecular formula is C22H23FN4O2. The summed E-state index contributed by atoms with van der Waals surface area (Å²) in [5, 5.41) is 18.8. The molecule has 2 aromatic carbocycles. The van der Waals surface area contributed by atoms with Crippen LogP contribution in [0.4, 0.5) is 4.39 Å². The lowest BCUT2D eigenvalue weighted by Crippen LogP contribution is -2.39. The second-order valence-corrected chi connectivity index (χ2v) is 7.42. The van der Waals surface area contributed by atoms with E-state index in [0.29, 0.717) is 29.9 Å². The SMILES string of the molecule is Cc1ccc(C(=O)N2CCC(n3cc(C(O)c4ccccc4)nn3)CC2)cc1F. The first kappa shape index (κ1) is 19.3. The predicted octanol–water partition coefficient (Wildman–Crippen LogP) is 3.28. The van der Waals surface area contributed by atoms with E-state index in [0.717, 1.165) is 18.4 Å². The van der Waals surface area contributed by atoms with Gasteiger partial charge in [-0.2, -0.15) is 0 Å². The molecule has 1 unspecified atom stereocenters. The maximum Gasteiger partial charge on any atom is 0.253 e. The molecule has 4 rings (SSSR count). The fourth-order valence-electron chi connectivity index (χ4n) is 3.64. The summed E-state index contributed by atoms with van der Waals surface area (Å²) in [6, 6.07) is 14.0. The van der Waals surface area contributed by atoms with Crippen molar-refractivity contribution in [1.82, 2.24) is 19.9 Å². The molecule has 29 heavy (non-hydrogen) atoms. The summed E-state index contributed by atoms with van der Waals surface area (Å²) in [4.78, 5) is 14.4. The number of carbonyl (C=O) groups excluding carboxylic acids is 1. The summed E-state index contributed by atoms with van der Waals surface area (Å²) in [7, 11) is 0. The number of piperidine rings is 1. The average molecular weight is 394 g/mol. The summed E-state index contributed by atoms with van der Waals surface area (Å²) in [5.41, 5.74) is 2.18. The Hall–Kier alpha value is -3.06. The molecule has 0 spiro atoms. The Balaban J connectivity index is 1.39. The molecule has 2 heterocycles. The monoisotopic (exact) mass is 394 g/mol. The Morgan fingerprint density at radius 1 is 1.17 bits per heavy atom. The lowest BCUT2D eigenvalue weighted by Gasteiger charge is -2.32. The number of halogens is 1. The van der Waals surface area contributed by atoms with Crippen LogP contribution in [0.3, 0.4) is 0 Å². The number of carbonyl (C=O) groups is 1. The van der Waals surface area contributed by atoms with Crippen LogP contribution in [0.25, 0.3) is 0 Å². The molecule has 1 aliphatic heterocycles. The van der Waals surface area contributed by atoms with E-state index >= 15 is 0 Å². The number of aliphatic hydroxyl groups excluding tert-OH is 1. The van der Waals surface area contributed by atoms with E-state index in [-0.39, 0.29) is 17.8 Å². The zero-order valence-corrected chi connectivity index (χ0v) is 16.2. The minimum atomic E-state index is -0.817. The molecule has 1 saturated heterocycles. The summed E-state index contributed by atoms with van der Waals surface area (Å²) < 4.78 is 15.5. The van der Waals surface area contributed by atoms with Crippen molar-refractivity contribution in [3.63, 3.8) is 0 Å². The number of amides is 1. The Bertz CT molecular complexity index is 997. The molecule has 1 amide bonds. The third-order valence-corrected chi connectivity index (χ3v) is 5.47. The van der Waals surface area contributed by atoms with Crippen LogP contribution < -0.4 is 0 Å². The zero-order valence-electron chi connectivity index (χ0n) is 16.2. The van der Waals surface area contributed by atoms with E-state index in [2.05, 4.69) is 10.3 Å². The van der Waals surface area contributed by atoms with E-state index in [1.165, 1.54) is 6.07 Å². The van der Waals surface area contributed by atoms with E-state index in [4.69, 9.17) is 0 Å². The Kier molecular flexibility index (Phi) is 5.40. The molecular weight excluding hydrogens is 371 g/mol. The summed E-state index contributed by atoms with van der Waals surface area (Å²) in [5.74, 6) is -0.515. The number of aromatic nitrogens is 3. The van der Waals surface area contributed by atoms with Crippen LogP contribution in [-0.4, -0.2) is 44.0 Å². The fourth-order valence-corrected chi connectivity index (χ4v) is 3.64. The van der Waals surface area contributed by atoms with Crippen LogP contribution in [0.1, 0.15) is 52.2 Å². The van der Waals surface area contributed by atoms with Crippen LogP contribution in [0.5, 0.6) is 0 Å². The van der Waals surface area contributed by atoms with Crippen molar-refractivity contribution in [3.8, 4) is 0 Å². The van der Waals surface area contributed by atoms with Crippen LogP contribution in [0.2, 0.25) is 0 Å². The van der Waals surface area contributed by atoms with Crippen LogP contribution in [0.15, 0.2) is 54.7 Å². The van der Waals surface area contributed by atoms with Gasteiger partial charge in [0.15, 0.2) is 0 Å². The molecule has 7 heteroatoms. The molecule has 150 valence electrons. The van der Waals surface area contributed by atoms with Gasteiger partial charge in [-0.1, -0.05) is 41.6 Å². The van der Waals surface area contributed by atoms with Gasteiger partial charge >= 0.3 is 0 Å². The quantitative estimate of drug-likeness (QED) is 0.737. The topological polar surface area (TPSA) is 71.2 Å². The lowest BCUT2D eigenvalue weighted by molar-refractivity contribution is 0.0688. The van der Waals surface area contributed by atoms with Gasteiger partial charge in [0, 0.05) is 18.7 Å². The second kappa shape index (κ2) is 8.13. The number of aliphatic hydroxyl groups is 1. The van der Waals surface area contributed by atoms with Crippen LogP contribution >= 0.6 is 0 Å². The average Bonchev–Trinajstić information content (AvgIpc) is 3.25. The van der Waals surface area contributed by atoms with Crippen molar-refractivity contribution in [2.24, 2.45) is 0 Å². The van der Waals surface area contributed by atoms with Gasteiger partial charge in [0.2, 0.25) is 0 Å². The molecule has 1 aromatic heterocycles. The van der Waals surface area contributed by atoms with Crippen molar-refractivity contribution < 1.29 is 14.3 Å². The highest BCUT2D eigenvalue weighted by Gasteiger charge is 2.26. The number of likely N-dealkylation sites (tertiary alicyclic amines) is 1. The zero-order chi connectivity index (χ0) is 20.4. The Morgan fingerprint density at radius 2 is 1.90 bits per heavy atom. The number of nitrogens with zero attached hydrogens (tertiary/aromatic N) is 4. The fraction of sp³-hybridized carbons (Fsp3) is 0.318. The van der Waals surface area contributed by atoms with E-state index < -0.39 is 6.10 Å². The van der Waals surface area contributed by atoms with Crippen molar-refractivity contribution in [1.29, 1.82) is 0 Å². The Morgan fingerprint density at radius 3 is 2.59 bits per heavy atom. The highest BCUT2D eigenvalue weighted by molar-refractivity contribution is 5.94. The molecule has 3 aromatic rings. The number of rotatable bonds is 4. The van der Waals surface area contributed by atoms with Crippen LogP contribution in [0, 0.1) is 12.7 Å². The first-order valence-corrected chi connectivity index (χ1v) is 9.73. The van der Waals surface area contributed by atoms with Crippen molar-refractivity contribution in [2.45, 2.75) is 31.9 Å². The van der Waals surface area contributed by atoms with Crippen molar-refractivity contribution in [3.05, 3.63) is 82.9 Å². The summed E-state index contributed by atoms with van der Waals surface area (Å²) >= 11 is 0. The van der Waals surface area contributed by atoms with Gasteiger partial charge in [-0.3, -0.25) is 4.79 Å². The first-order chi connectivity index (χ1) is 14.0. The van der Waals surface area contributed by atoms with E-state index in [9.17, 15) is 14.3 Å². The smallest absolute Gasteiger partial charge is 0.253 e. The molecule has 0 saturated carbocycles. The summed E-state index contributed by atoms with van der Waals surface area (Å²) in [6.45, 7) is 2.81. The molecule has 1 aliphatic rings. The predicted molar refractivity (Wildman–Crippen MR) is 106 cm³/mol. The van der Waals surface area contributed by atoms with Gasteiger partial charge in [-0.25, -0.2) is 9.07 Å². The first-order valence-electron chi connectivity index (χ1n) is 9.73. The molecule has 0 bridgehead atoms. The van der Waals surface area contributed by atoms with Gasteiger partial charge in [0.25, 0.3) is 5.91 Å². The normalized spacial score (nSPS) is 16.0. The molecule has 1 atom stereocenters. The van der Waals surface area contributed by atoms with Gasteiger partial charge in [-0.15, -0.1) is 5.10 Å². The highest BCUT2D eigenvalue weighted by Crippen LogP contribution is 2.25. The van der Waals surface area contributed by atoms with Crippen LogP contribution in [-0.2, 0) is 0 Å². The van der Waals surface area contributed by atoms with Gasteiger partial charge in [-0.05, 0) is 43.0 Å². The highest BCUT2D eigenvalue weighted by atomic mass is 19.1. The molecule has 1 fully saturated rings. The third-order valence-electron chi connectivity index (χ3n) is 5.47. The third kappa shape index (κ3) is 4.05. The van der Waals surface area contributed by atoms with E-state index in [1.807, 2.05) is 30.3 Å². The largest absolute Gasteiger partial charge is 0.382 e. The minimum absolute atomic E-state index is 0.109. The number of hydrogen-bond donors (Lipinski definition) is 1. The second-order valence-electron chi connectivity index (χ2n) is 7.42. The summed E-state index contributed by atoms with van der Waals surface area (Å²) in [6.07, 6.45) is 2.41. The standard InChI is InChI=1S/C22H23FN4O2/c1-15-7-8-17(13-19(15)23)22(29)26-11-9-18(10-12-26)27-14-20(24-25-27)21(28)16-5-3-2-4-6-16/h2-8,13-14,18,21,28H,9-12H2,1H3. The van der Waals surface area contributed by atoms with Gasteiger partial charge < -0.3 is 10.0 Å². The number of aryl methyl sites for hydroxylation is 1. The number of benzene rings is 2. The molecule has 6 nitrogen and oxygen atoms in total. The van der Waals surface area contributed by atoms with Gasteiger partial charge in [0.05, 0.1) is 12.2 Å². The molecule has 0 radical (unpaired) electrons. The molecule has 0 aliphatic carbocycles. The maximum atomic E-state index is 13.8.